The van der Waals surface area contributed by atoms with Crippen LogP contribution in [0, 0.1) is 10.1 Å². The molecule has 0 bridgehead atoms. The van der Waals surface area contributed by atoms with Gasteiger partial charge in [0, 0.05) is 27.6 Å². The molecular weight excluding hydrogens is 441 g/mol. The SMILES string of the molecule is CC(OC(=O)CSc1cc(Cl)ccc1Cl)c1nnc(-c2ccc([N+](=O)[O-])cc2)o1. The van der Waals surface area contributed by atoms with Crippen LogP contribution in [-0.2, 0) is 9.53 Å². The Morgan fingerprint density at radius 1 is 1.24 bits per heavy atom. The maximum atomic E-state index is 12.1. The molecule has 0 aliphatic rings. The Labute approximate surface area is 179 Å². The summed E-state index contributed by atoms with van der Waals surface area (Å²) < 4.78 is 10.8. The summed E-state index contributed by atoms with van der Waals surface area (Å²) >= 11 is 13.2. The summed E-state index contributed by atoms with van der Waals surface area (Å²) in [7, 11) is 0. The van der Waals surface area contributed by atoms with Crippen LogP contribution in [0.4, 0.5) is 5.69 Å². The second kappa shape index (κ2) is 9.25. The quantitative estimate of drug-likeness (QED) is 0.204. The van der Waals surface area contributed by atoms with Crippen molar-refractivity contribution in [1.29, 1.82) is 0 Å². The molecule has 3 rings (SSSR count). The van der Waals surface area contributed by atoms with E-state index in [1.807, 2.05) is 0 Å². The Morgan fingerprint density at radius 2 is 1.97 bits per heavy atom. The number of hydrogen-bond donors (Lipinski definition) is 0. The molecule has 0 fully saturated rings. The van der Waals surface area contributed by atoms with Gasteiger partial charge in [-0.05, 0) is 37.3 Å². The molecule has 1 atom stereocenters. The van der Waals surface area contributed by atoms with Gasteiger partial charge in [0.15, 0.2) is 6.10 Å². The summed E-state index contributed by atoms with van der Waals surface area (Å²) in [5.41, 5.74) is 0.465. The Balaban J connectivity index is 1.59. The van der Waals surface area contributed by atoms with Gasteiger partial charge in [-0.3, -0.25) is 14.9 Å². The van der Waals surface area contributed by atoms with Gasteiger partial charge >= 0.3 is 5.97 Å². The number of hydrogen-bond acceptors (Lipinski definition) is 8. The van der Waals surface area contributed by atoms with Gasteiger partial charge in [0.1, 0.15) is 0 Å². The van der Waals surface area contributed by atoms with E-state index in [-0.39, 0.29) is 23.2 Å². The van der Waals surface area contributed by atoms with Crippen LogP contribution in [0.15, 0.2) is 51.8 Å². The van der Waals surface area contributed by atoms with E-state index in [4.69, 9.17) is 32.4 Å². The van der Waals surface area contributed by atoms with Gasteiger partial charge in [-0.1, -0.05) is 23.2 Å². The topological polar surface area (TPSA) is 108 Å². The van der Waals surface area contributed by atoms with Crippen LogP contribution >= 0.6 is 35.0 Å². The number of esters is 1. The maximum Gasteiger partial charge on any atom is 0.317 e. The van der Waals surface area contributed by atoms with Crippen molar-refractivity contribution in [3.8, 4) is 11.5 Å². The van der Waals surface area contributed by atoms with Crippen LogP contribution in [0.25, 0.3) is 11.5 Å². The molecular formula is C18H13Cl2N3O5S. The average Bonchev–Trinajstić information content (AvgIpc) is 3.19. The third-order valence-electron chi connectivity index (χ3n) is 3.66. The minimum absolute atomic E-state index is 0.0216. The van der Waals surface area contributed by atoms with Gasteiger partial charge in [0.25, 0.3) is 11.6 Å². The molecule has 0 saturated carbocycles. The molecule has 2 aromatic carbocycles. The fourth-order valence-electron chi connectivity index (χ4n) is 2.25. The third-order valence-corrected chi connectivity index (χ3v) is 5.37. The van der Waals surface area contributed by atoms with E-state index in [0.29, 0.717) is 20.5 Å². The summed E-state index contributed by atoms with van der Waals surface area (Å²) in [6.45, 7) is 1.60. The number of aromatic nitrogens is 2. The summed E-state index contributed by atoms with van der Waals surface area (Å²) in [5, 5.41) is 19.5. The van der Waals surface area contributed by atoms with Crippen molar-refractivity contribution in [1.82, 2.24) is 10.2 Å². The molecule has 3 aromatic rings. The Hall–Kier alpha value is -2.62. The van der Waals surface area contributed by atoms with Gasteiger partial charge in [0.05, 0.1) is 15.7 Å². The Bertz CT molecular complexity index is 1040. The van der Waals surface area contributed by atoms with Crippen molar-refractivity contribution < 1.29 is 18.9 Å². The first-order valence-corrected chi connectivity index (χ1v) is 9.93. The normalized spacial score (nSPS) is 11.8. The number of nitro benzene ring substituents is 1. The lowest BCUT2D eigenvalue weighted by atomic mass is 10.2. The number of thioether (sulfide) groups is 1. The van der Waals surface area contributed by atoms with Crippen molar-refractivity contribution in [2.75, 3.05) is 5.75 Å². The number of non-ortho nitro benzene ring substituents is 1. The highest BCUT2D eigenvalue weighted by atomic mass is 35.5. The summed E-state index contributed by atoms with van der Waals surface area (Å²) in [5.74, 6) is -0.197. The van der Waals surface area contributed by atoms with Crippen molar-refractivity contribution >= 4 is 46.6 Å². The smallest absolute Gasteiger partial charge is 0.317 e. The summed E-state index contributed by atoms with van der Waals surface area (Å²) in [6.07, 6.45) is -0.766. The predicted molar refractivity (Wildman–Crippen MR) is 108 cm³/mol. The number of carbonyl (C=O) groups excluding carboxylic acids is 1. The highest BCUT2D eigenvalue weighted by Gasteiger charge is 2.20. The van der Waals surface area contributed by atoms with Crippen molar-refractivity contribution in [2.24, 2.45) is 0 Å². The van der Waals surface area contributed by atoms with E-state index in [2.05, 4.69) is 10.2 Å². The molecule has 150 valence electrons. The van der Waals surface area contributed by atoms with Crippen LogP contribution in [0.5, 0.6) is 0 Å². The Kier molecular flexibility index (Phi) is 6.73. The Morgan fingerprint density at radius 3 is 2.66 bits per heavy atom. The van der Waals surface area contributed by atoms with E-state index >= 15 is 0 Å². The molecule has 0 amide bonds. The molecule has 1 aromatic heterocycles. The van der Waals surface area contributed by atoms with Crippen molar-refractivity contribution in [2.45, 2.75) is 17.9 Å². The van der Waals surface area contributed by atoms with E-state index in [1.165, 1.54) is 36.0 Å². The molecule has 1 heterocycles. The average molecular weight is 454 g/mol. The first kappa shape index (κ1) is 21.1. The van der Waals surface area contributed by atoms with Crippen LogP contribution in [-0.4, -0.2) is 26.8 Å². The third kappa shape index (κ3) is 5.47. The van der Waals surface area contributed by atoms with E-state index in [1.54, 1.807) is 25.1 Å². The molecule has 0 N–H and O–H groups in total. The molecule has 0 aliphatic heterocycles. The molecule has 0 saturated heterocycles. The lowest BCUT2D eigenvalue weighted by Gasteiger charge is -2.09. The number of carbonyl (C=O) groups is 1. The molecule has 0 spiro atoms. The predicted octanol–water partition coefficient (Wildman–Crippen LogP) is 5.35. The van der Waals surface area contributed by atoms with Crippen molar-refractivity contribution in [3.05, 3.63) is 68.5 Å². The number of halogens is 2. The van der Waals surface area contributed by atoms with Crippen LogP contribution < -0.4 is 0 Å². The van der Waals surface area contributed by atoms with Gasteiger partial charge in [0.2, 0.25) is 5.89 Å². The van der Waals surface area contributed by atoms with E-state index in [9.17, 15) is 14.9 Å². The standard InChI is InChI=1S/C18H13Cl2N3O5S/c1-10(27-16(24)9-29-15-8-12(19)4-7-14(15)20)17-21-22-18(28-17)11-2-5-13(6-3-11)23(25)26/h2-8,10H,9H2,1H3. The van der Waals surface area contributed by atoms with Crippen molar-refractivity contribution in [3.63, 3.8) is 0 Å². The highest BCUT2D eigenvalue weighted by Crippen LogP contribution is 2.30. The molecule has 29 heavy (non-hydrogen) atoms. The van der Waals surface area contributed by atoms with E-state index in [0.717, 1.165) is 0 Å². The minimum atomic E-state index is -0.766. The van der Waals surface area contributed by atoms with Gasteiger partial charge in [-0.2, -0.15) is 0 Å². The van der Waals surface area contributed by atoms with Crippen LogP contribution in [0.3, 0.4) is 0 Å². The lowest BCUT2D eigenvalue weighted by molar-refractivity contribution is -0.384. The fraction of sp³-hybridized carbons (Fsp3) is 0.167. The minimum Gasteiger partial charge on any atom is -0.452 e. The zero-order valence-corrected chi connectivity index (χ0v) is 17.2. The molecule has 8 nitrogen and oxygen atoms in total. The van der Waals surface area contributed by atoms with Gasteiger partial charge in [-0.25, -0.2) is 0 Å². The molecule has 0 radical (unpaired) electrons. The zero-order chi connectivity index (χ0) is 21.0. The van der Waals surface area contributed by atoms with Gasteiger partial charge in [-0.15, -0.1) is 22.0 Å². The van der Waals surface area contributed by atoms with Crippen LogP contribution in [0.1, 0.15) is 18.9 Å². The van der Waals surface area contributed by atoms with Gasteiger partial charge < -0.3 is 9.15 Å². The molecule has 11 heteroatoms. The monoisotopic (exact) mass is 453 g/mol. The first-order valence-electron chi connectivity index (χ1n) is 8.19. The van der Waals surface area contributed by atoms with Crippen LogP contribution in [0.2, 0.25) is 10.0 Å². The highest BCUT2D eigenvalue weighted by molar-refractivity contribution is 8.00. The number of rotatable bonds is 7. The molecule has 1 unspecified atom stereocenters. The maximum absolute atomic E-state index is 12.1. The second-order valence-corrected chi connectivity index (χ2v) is 7.61. The number of nitrogens with zero attached hydrogens (tertiary/aromatic N) is 3. The fourth-order valence-corrected chi connectivity index (χ4v) is 3.52. The number of ether oxygens (including phenoxy) is 1. The second-order valence-electron chi connectivity index (χ2n) is 5.74. The zero-order valence-electron chi connectivity index (χ0n) is 14.9. The first-order chi connectivity index (χ1) is 13.8. The lowest BCUT2D eigenvalue weighted by Crippen LogP contribution is -2.11. The van der Waals surface area contributed by atoms with E-state index < -0.39 is 17.0 Å². The number of nitro groups is 1. The summed E-state index contributed by atoms with van der Waals surface area (Å²) in [6, 6.07) is 10.6. The summed E-state index contributed by atoms with van der Waals surface area (Å²) in [4.78, 5) is 23.0. The number of benzene rings is 2. The largest absolute Gasteiger partial charge is 0.452 e. The molecule has 0 aliphatic carbocycles.